The molecule has 0 radical (unpaired) electrons. The number of carbonyl (C=O) groups excluding carboxylic acids is 1. The largest absolute Gasteiger partial charge is 0.493 e. The van der Waals surface area contributed by atoms with Crippen LogP contribution in [-0.4, -0.2) is 48.1 Å². The number of ether oxygens (including phenoxy) is 2. The van der Waals surface area contributed by atoms with Crippen molar-refractivity contribution in [2.24, 2.45) is 0 Å². The SMILES string of the molecule is COc1ccc(/C=C/C(=O)N2CCCC(c3nc(C)ncc3-c3ccc(F)cc3)C2)cc1OC. The molecule has 0 spiro atoms. The molecule has 1 unspecified atom stereocenters. The Morgan fingerprint density at radius 2 is 1.88 bits per heavy atom. The lowest BCUT2D eigenvalue weighted by molar-refractivity contribution is -0.127. The zero-order valence-corrected chi connectivity index (χ0v) is 19.6. The van der Waals surface area contributed by atoms with Crippen molar-refractivity contribution in [3.8, 4) is 22.6 Å². The minimum absolute atomic E-state index is 0.0476. The number of hydrogen-bond acceptors (Lipinski definition) is 5. The summed E-state index contributed by atoms with van der Waals surface area (Å²) in [4.78, 5) is 23.9. The van der Waals surface area contributed by atoms with E-state index in [1.165, 1.54) is 12.1 Å². The van der Waals surface area contributed by atoms with E-state index < -0.39 is 0 Å². The second kappa shape index (κ2) is 10.5. The third kappa shape index (κ3) is 5.25. The molecule has 7 heteroatoms. The Morgan fingerprint density at radius 1 is 1.12 bits per heavy atom. The van der Waals surface area contributed by atoms with Crippen molar-refractivity contribution in [2.75, 3.05) is 27.3 Å². The number of rotatable bonds is 6. The normalized spacial score (nSPS) is 16.0. The number of nitrogens with zero attached hydrogens (tertiary/aromatic N) is 3. The fourth-order valence-electron chi connectivity index (χ4n) is 4.28. The summed E-state index contributed by atoms with van der Waals surface area (Å²) in [6, 6.07) is 11.9. The molecule has 0 aliphatic carbocycles. The maximum Gasteiger partial charge on any atom is 0.246 e. The highest BCUT2D eigenvalue weighted by Crippen LogP contribution is 2.33. The summed E-state index contributed by atoms with van der Waals surface area (Å²) in [5.41, 5.74) is 3.50. The van der Waals surface area contributed by atoms with Crippen LogP contribution in [0.3, 0.4) is 0 Å². The molecule has 2 heterocycles. The number of carbonyl (C=O) groups is 1. The maximum absolute atomic E-state index is 13.4. The van der Waals surface area contributed by atoms with E-state index in [1.54, 1.807) is 44.7 Å². The minimum atomic E-state index is -0.283. The van der Waals surface area contributed by atoms with Gasteiger partial charge in [-0.1, -0.05) is 18.2 Å². The molecule has 1 aliphatic rings. The van der Waals surface area contributed by atoms with Gasteiger partial charge in [-0.05, 0) is 61.2 Å². The smallest absolute Gasteiger partial charge is 0.246 e. The van der Waals surface area contributed by atoms with Crippen LogP contribution in [0.1, 0.15) is 35.8 Å². The van der Waals surface area contributed by atoms with Crippen molar-refractivity contribution in [1.29, 1.82) is 0 Å². The van der Waals surface area contributed by atoms with Crippen molar-refractivity contribution in [3.63, 3.8) is 0 Å². The van der Waals surface area contributed by atoms with E-state index in [2.05, 4.69) is 4.98 Å². The van der Waals surface area contributed by atoms with Gasteiger partial charge in [0.05, 0.1) is 19.9 Å². The molecule has 0 N–H and O–H groups in total. The lowest BCUT2D eigenvalue weighted by Gasteiger charge is -2.32. The zero-order valence-electron chi connectivity index (χ0n) is 19.6. The van der Waals surface area contributed by atoms with Crippen LogP contribution in [-0.2, 0) is 4.79 Å². The third-order valence-electron chi connectivity index (χ3n) is 6.04. The third-order valence-corrected chi connectivity index (χ3v) is 6.04. The molecule has 1 amide bonds. The number of methoxy groups -OCH3 is 2. The molecule has 1 aromatic heterocycles. The lowest BCUT2D eigenvalue weighted by Crippen LogP contribution is -2.38. The Labute approximate surface area is 199 Å². The van der Waals surface area contributed by atoms with E-state index in [1.807, 2.05) is 30.0 Å². The lowest BCUT2D eigenvalue weighted by atomic mass is 9.89. The molecule has 4 rings (SSSR count). The Kier molecular flexibility index (Phi) is 7.21. The van der Waals surface area contributed by atoms with E-state index in [0.29, 0.717) is 30.4 Å². The fraction of sp³-hybridized carbons (Fsp3) is 0.296. The first-order valence-corrected chi connectivity index (χ1v) is 11.3. The highest BCUT2D eigenvalue weighted by atomic mass is 19.1. The van der Waals surface area contributed by atoms with Crippen molar-refractivity contribution < 1.29 is 18.7 Å². The molecule has 1 saturated heterocycles. The van der Waals surface area contributed by atoms with Gasteiger partial charge < -0.3 is 14.4 Å². The number of piperidine rings is 1. The van der Waals surface area contributed by atoms with Crippen molar-refractivity contribution in [2.45, 2.75) is 25.7 Å². The molecule has 0 bridgehead atoms. The van der Waals surface area contributed by atoms with Gasteiger partial charge in [-0.25, -0.2) is 14.4 Å². The Morgan fingerprint density at radius 3 is 2.62 bits per heavy atom. The van der Waals surface area contributed by atoms with Crippen LogP contribution < -0.4 is 9.47 Å². The predicted molar refractivity (Wildman–Crippen MR) is 129 cm³/mol. The van der Waals surface area contributed by atoms with Gasteiger partial charge in [0.15, 0.2) is 11.5 Å². The molecule has 176 valence electrons. The van der Waals surface area contributed by atoms with Gasteiger partial charge in [-0.2, -0.15) is 0 Å². The van der Waals surface area contributed by atoms with Crippen LogP contribution in [0.4, 0.5) is 4.39 Å². The summed E-state index contributed by atoms with van der Waals surface area (Å²) in [6.07, 6.45) is 6.98. The first-order chi connectivity index (χ1) is 16.5. The number of amides is 1. The first kappa shape index (κ1) is 23.4. The Hall–Kier alpha value is -3.74. The van der Waals surface area contributed by atoms with Crippen LogP contribution in [0.5, 0.6) is 11.5 Å². The molecule has 1 aliphatic heterocycles. The van der Waals surface area contributed by atoms with Gasteiger partial charge in [0.2, 0.25) is 5.91 Å². The fourth-order valence-corrected chi connectivity index (χ4v) is 4.28. The molecule has 6 nitrogen and oxygen atoms in total. The molecule has 0 saturated carbocycles. The maximum atomic E-state index is 13.4. The molecule has 1 atom stereocenters. The van der Waals surface area contributed by atoms with E-state index >= 15 is 0 Å². The highest BCUT2D eigenvalue weighted by Gasteiger charge is 2.27. The van der Waals surface area contributed by atoms with E-state index in [0.717, 1.165) is 35.2 Å². The van der Waals surface area contributed by atoms with Crippen LogP contribution in [0.2, 0.25) is 0 Å². The summed E-state index contributed by atoms with van der Waals surface area (Å²) in [6.45, 7) is 3.12. The average Bonchev–Trinajstić information content (AvgIpc) is 2.87. The number of likely N-dealkylation sites (tertiary alicyclic amines) is 1. The molecule has 3 aromatic rings. The Bertz CT molecular complexity index is 1190. The van der Waals surface area contributed by atoms with Crippen LogP contribution in [0.25, 0.3) is 17.2 Å². The van der Waals surface area contributed by atoms with Gasteiger partial charge >= 0.3 is 0 Å². The van der Waals surface area contributed by atoms with Crippen molar-refractivity contribution >= 4 is 12.0 Å². The summed E-state index contributed by atoms with van der Waals surface area (Å²) in [7, 11) is 3.17. The predicted octanol–water partition coefficient (Wildman–Crippen LogP) is 5.03. The topological polar surface area (TPSA) is 64.5 Å². The average molecular weight is 462 g/mol. The summed E-state index contributed by atoms with van der Waals surface area (Å²) >= 11 is 0. The second-order valence-electron chi connectivity index (χ2n) is 8.29. The summed E-state index contributed by atoms with van der Waals surface area (Å²) in [5, 5.41) is 0. The van der Waals surface area contributed by atoms with Crippen LogP contribution in [0, 0.1) is 12.7 Å². The standard InChI is InChI=1S/C27H28FN3O3/c1-18-29-16-23(20-8-10-22(28)11-9-20)27(30-18)21-5-4-14-31(17-21)26(32)13-7-19-6-12-24(33-2)25(15-19)34-3/h6-13,15-16,21H,4-5,14,17H2,1-3H3/b13-7+. The molecular formula is C27H28FN3O3. The number of halogens is 1. The molecular weight excluding hydrogens is 433 g/mol. The first-order valence-electron chi connectivity index (χ1n) is 11.3. The molecule has 34 heavy (non-hydrogen) atoms. The van der Waals surface area contributed by atoms with Crippen LogP contribution >= 0.6 is 0 Å². The number of hydrogen-bond donors (Lipinski definition) is 0. The monoisotopic (exact) mass is 461 g/mol. The van der Waals surface area contributed by atoms with Gasteiger partial charge in [0.1, 0.15) is 11.6 Å². The van der Waals surface area contributed by atoms with Crippen LogP contribution in [0.15, 0.2) is 54.7 Å². The van der Waals surface area contributed by atoms with Gasteiger partial charge in [-0.3, -0.25) is 4.79 Å². The quantitative estimate of drug-likeness (QED) is 0.482. The Balaban J connectivity index is 1.53. The zero-order chi connectivity index (χ0) is 24.1. The molecule has 1 fully saturated rings. The minimum Gasteiger partial charge on any atom is -0.493 e. The summed E-state index contributed by atoms with van der Waals surface area (Å²) in [5.74, 6) is 1.68. The second-order valence-corrected chi connectivity index (χ2v) is 8.29. The van der Waals surface area contributed by atoms with Gasteiger partial charge in [0.25, 0.3) is 0 Å². The van der Waals surface area contributed by atoms with E-state index in [9.17, 15) is 9.18 Å². The highest BCUT2D eigenvalue weighted by molar-refractivity contribution is 5.92. The molecule has 2 aromatic carbocycles. The van der Waals surface area contributed by atoms with Gasteiger partial charge in [-0.15, -0.1) is 0 Å². The van der Waals surface area contributed by atoms with Crippen molar-refractivity contribution in [3.05, 3.63) is 77.6 Å². The number of aromatic nitrogens is 2. The van der Waals surface area contributed by atoms with Gasteiger partial charge in [0, 0.05) is 36.8 Å². The summed E-state index contributed by atoms with van der Waals surface area (Å²) < 4.78 is 24.1. The van der Waals surface area contributed by atoms with E-state index in [4.69, 9.17) is 14.5 Å². The number of benzene rings is 2. The number of aryl methyl sites for hydroxylation is 1. The van der Waals surface area contributed by atoms with Crippen molar-refractivity contribution in [1.82, 2.24) is 14.9 Å². The van der Waals surface area contributed by atoms with E-state index in [-0.39, 0.29) is 17.6 Å².